The maximum absolute atomic E-state index is 5.73. The first-order valence-electron chi connectivity index (χ1n) is 6.18. The quantitative estimate of drug-likeness (QED) is 0.570. The summed E-state index contributed by atoms with van der Waals surface area (Å²) in [6.07, 6.45) is 0. The zero-order valence-corrected chi connectivity index (χ0v) is 13.0. The van der Waals surface area contributed by atoms with Gasteiger partial charge in [-0.1, -0.05) is 52.9 Å². The summed E-state index contributed by atoms with van der Waals surface area (Å²) in [5, 5.41) is 0. The van der Waals surface area contributed by atoms with Gasteiger partial charge in [-0.3, -0.25) is 0 Å². The van der Waals surface area contributed by atoms with Gasteiger partial charge in [-0.05, 0) is 18.1 Å². The molecule has 0 spiro atoms. The molecule has 0 aliphatic carbocycles. The fraction of sp³-hybridized carbons (Fsp3) is 0.267. The second-order valence-electron chi connectivity index (χ2n) is 3.99. The van der Waals surface area contributed by atoms with E-state index >= 15 is 0 Å². The molecule has 0 N–H and O–H groups in total. The van der Waals surface area contributed by atoms with E-state index in [2.05, 4.69) is 27.6 Å². The van der Waals surface area contributed by atoms with Gasteiger partial charge in [0.15, 0.2) is 0 Å². The minimum atomic E-state index is 0.518. The molecule has 2 rings (SSSR count). The SMILES string of the molecule is CCOc1cc(CI)cc(OCc2ccccc2)n1. The van der Waals surface area contributed by atoms with Crippen molar-refractivity contribution in [1.29, 1.82) is 0 Å². The molecule has 0 unspecified atom stereocenters. The van der Waals surface area contributed by atoms with Gasteiger partial charge in [0.2, 0.25) is 11.8 Å². The fourth-order valence-corrected chi connectivity index (χ4v) is 2.08. The molecule has 1 heterocycles. The summed E-state index contributed by atoms with van der Waals surface area (Å²) in [4.78, 5) is 4.34. The van der Waals surface area contributed by atoms with Crippen molar-refractivity contribution in [2.75, 3.05) is 6.61 Å². The van der Waals surface area contributed by atoms with Crippen LogP contribution in [0.3, 0.4) is 0 Å². The highest BCUT2D eigenvalue weighted by molar-refractivity contribution is 14.1. The van der Waals surface area contributed by atoms with Crippen LogP contribution in [0.5, 0.6) is 11.8 Å². The predicted octanol–water partition coefficient (Wildman–Crippen LogP) is 3.99. The van der Waals surface area contributed by atoms with Gasteiger partial charge in [0, 0.05) is 16.6 Å². The Morgan fingerprint density at radius 2 is 1.68 bits per heavy atom. The van der Waals surface area contributed by atoms with Gasteiger partial charge in [-0.15, -0.1) is 0 Å². The Morgan fingerprint density at radius 3 is 2.32 bits per heavy atom. The largest absolute Gasteiger partial charge is 0.478 e. The number of pyridine rings is 1. The molecule has 0 aliphatic heterocycles. The highest BCUT2D eigenvalue weighted by Gasteiger charge is 2.04. The number of alkyl halides is 1. The molecule has 0 bridgehead atoms. The number of hydrogen-bond donors (Lipinski definition) is 0. The smallest absolute Gasteiger partial charge is 0.217 e. The van der Waals surface area contributed by atoms with E-state index in [9.17, 15) is 0 Å². The molecule has 1 aromatic carbocycles. The lowest BCUT2D eigenvalue weighted by Crippen LogP contribution is -2.01. The van der Waals surface area contributed by atoms with Gasteiger partial charge >= 0.3 is 0 Å². The second kappa shape index (κ2) is 7.33. The normalized spacial score (nSPS) is 10.2. The molecule has 0 fully saturated rings. The average molecular weight is 369 g/mol. The van der Waals surface area contributed by atoms with E-state index in [-0.39, 0.29) is 0 Å². The van der Waals surface area contributed by atoms with Crippen molar-refractivity contribution in [2.45, 2.75) is 18.0 Å². The van der Waals surface area contributed by atoms with Crippen molar-refractivity contribution < 1.29 is 9.47 Å². The number of halogens is 1. The van der Waals surface area contributed by atoms with E-state index in [0.29, 0.717) is 25.0 Å². The summed E-state index contributed by atoms with van der Waals surface area (Å²) in [5.41, 5.74) is 2.28. The Kier molecular flexibility index (Phi) is 5.44. The Bertz CT molecular complexity index is 517. The third-order valence-corrected chi connectivity index (χ3v) is 3.39. The first-order chi connectivity index (χ1) is 9.31. The first kappa shape index (κ1) is 14.1. The van der Waals surface area contributed by atoms with Crippen LogP contribution in [-0.4, -0.2) is 11.6 Å². The topological polar surface area (TPSA) is 31.4 Å². The lowest BCUT2D eigenvalue weighted by atomic mass is 10.2. The van der Waals surface area contributed by atoms with Crippen LogP contribution >= 0.6 is 22.6 Å². The van der Waals surface area contributed by atoms with E-state index < -0.39 is 0 Å². The van der Waals surface area contributed by atoms with E-state index in [1.54, 1.807) is 0 Å². The number of rotatable bonds is 6. The van der Waals surface area contributed by atoms with Crippen molar-refractivity contribution in [3.8, 4) is 11.8 Å². The minimum Gasteiger partial charge on any atom is -0.478 e. The molecule has 19 heavy (non-hydrogen) atoms. The van der Waals surface area contributed by atoms with Crippen molar-refractivity contribution >= 4 is 22.6 Å². The number of nitrogens with zero attached hydrogens (tertiary/aromatic N) is 1. The van der Waals surface area contributed by atoms with Crippen LogP contribution in [0, 0.1) is 0 Å². The summed E-state index contributed by atoms with van der Waals surface area (Å²) in [5.74, 6) is 1.24. The molecule has 4 heteroatoms. The van der Waals surface area contributed by atoms with E-state index in [1.165, 1.54) is 0 Å². The molecule has 3 nitrogen and oxygen atoms in total. The lowest BCUT2D eigenvalue weighted by Gasteiger charge is -2.09. The zero-order chi connectivity index (χ0) is 13.5. The van der Waals surface area contributed by atoms with Crippen LogP contribution in [0.15, 0.2) is 42.5 Å². The molecule has 100 valence electrons. The lowest BCUT2D eigenvalue weighted by molar-refractivity contribution is 0.278. The van der Waals surface area contributed by atoms with Gasteiger partial charge in [0.05, 0.1) is 6.61 Å². The number of ether oxygens (including phenoxy) is 2. The number of benzene rings is 1. The Hall–Kier alpha value is -1.30. The number of hydrogen-bond acceptors (Lipinski definition) is 3. The minimum absolute atomic E-state index is 0.518. The van der Waals surface area contributed by atoms with Crippen LogP contribution in [0.25, 0.3) is 0 Å². The Balaban J connectivity index is 2.08. The van der Waals surface area contributed by atoms with Crippen molar-refractivity contribution in [3.63, 3.8) is 0 Å². The molecular weight excluding hydrogens is 353 g/mol. The Labute approximate surface area is 127 Å². The van der Waals surface area contributed by atoms with Gasteiger partial charge in [-0.2, -0.15) is 4.98 Å². The maximum Gasteiger partial charge on any atom is 0.217 e. The van der Waals surface area contributed by atoms with Crippen LogP contribution in [0.1, 0.15) is 18.1 Å². The second-order valence-corrected chi connectivity index (χ2v) is 4.76. The van der Waals surface area contributed by atoms with Crippen molar-refractivity contribution in [1.82, 2.24) is 4.98 Å². The first-order valence-corrected chi connectivity index (χ1v) is 7.71. The van der Waals surface area contributed by atoms with Gasteiger partial charge in [0.1, 0.15) is 6.61 Å². The molecule has 0 atom stereocenters. The highest BCUT2D eigenvalue weighted by Crippen LogP contribution is 2.21. The molecule has 2 aromatic rings. The highest BCUT2D eigenvalue weighted by atomic mass is 127. The summed E-state index contributed by atoms with van der Waals surface area (Å²) >= 11 is 2.32. The Morgan fingerprint density at radius 1 is 1.00 bits per heavy atom. The summed E-state index contributed by atoms with van der Waals surface area (Å²) < 4.78 is 12.1. The third-order valence-electron chi connectivity index (χ3n) is 2.51. The van der Waals surface area contributed by atoms with Crippen molar-refractivity contribution in [3.05, 3.63) is 53.6 Å². The van der Waals surface area contributed by atoms with E-state index in [1.807, 2.05) is 49.4 Å². The predicted molar refractivity (Wildman–Crippen MR) is 83.9 cm³/mol. The van der Waals surface area contributed by atoms with Crippen LogP contribution in [0.4, 0.5) is 0 Å². The standard InChI is InChI=1S/C15H16INO2/c1-2-18-14-8-13(10-16)9-15(17-14)19-11-12-6-4-3-5-7-12/h3-9H,2,10-11H2,1H3. The molecule has 0 aliphatic rings. The molecule has 0 saturated heterocycles. The third kappa shape index (κ3) is 4.38. The molecule has 0 radical (unpaired) electrons. The molecular formula is C15H16INO2. The monoisotopic (exact) mass is 369 g/mol. The van der Waals surface area contributed by atoms with Crippen LogP contribution in [-0.2, 0) is 11.0 Å². The van der Waals surface area contributed by atoms with Crippen LogP contribution in [0.2, 0.25) is 0 Å². The number of aromatic nitrogens is 1. The van der Waals surface area contributed by atoms with Gasteiger partial charge < -0.3 is 9.47 Å². The molecule has 1 aromatic heterocycles. The summed E-state index contributed by atoms with van der Waals surface area (Å²) in [6, 6.07) is 14.0. The summed E-state index contributed by atoms with van der Waals surface area (Å²) in [6.45, 7) is 3.07. The molecule has 0 amide bonds. The zero-order valence-electron chi connectivity index (χ0n) is 10.8. The van der Waals surface area contributed by atoms with Crippen molar-refractivity contribution in [2.24, 2.45) is 0 Å². The van der Waals surface area contributed by atoms with E-state index in [4.69, 9.17) is 9.47 Å². The molecule has 0 saturated carbocycles. The van der Waals surface area contributed by atoms with Gasteiger partial charge in [0.25, 0.3) is 0 Å². The fourth-order valence-electron chi connectivity index (χ4n) is 1.64. The van der Waals surface area contributed by atoms with E-state index in [0.717, 1.165) is 15.6 Å². The van der Waals surface area contributed by atoms with Crippen LogP contribution < -0.4 is 9.47 Å². The summed E-state index contributed by atoms with van der Waals surface area (Å²) in [7, 11) is 0. The average Bonchev–Trinajstić information content (AvgIpc) is 2.46. The van der Waals surface area contributed by atoms with Gasteiger partial charge in [-0.25, -0.2) is 0 Å². The maximum atomic E-state index is 5.73.